The molecule has 1 unspecified atom stereocenters. The van der Waals surface area contributed by atoms with Gasteiger partial charge >= 0.3 is 0 Å². The third kappa shape index (κ3) is 3.09. The number of hydrogen-bond acceptors (Lipinski definition) is 6. The van der Waals surface area contributed by atoms with Crippen molar-refractivity contribution in [3.05, 3.63) is 98.9 Å². The first-order valence-corrected chi connectivity index (χ1v) is 13.0. The summed E-state index contributed by atoms with van der Waals surface area (Å²) < 4.78 is 0. The third-order valence-electron chi connectivity index (χ3n) is 7.99. The zero-order valence-electron chi connectivity index (χ0n) is 19.9. The van der Waals surface area contributed by atoms with Crippen LogP contribution in [0.3, 0.4) is 0 Å². The number of carbonyl (C=O) groups is 2. The fraction of sp³-hybridized carbons (Fsp3) is 0.296. The molecular weight excluding hydrogens is 476 g/mol. The van der Waals surface area contributed by atoms with Crippen molar-refractivity contribution >= 4 is 34.8 Å². The average Bonchev–Trinajstić information content (AvgIpc) is 3.53. The fourth-order valence-corrected chi connectivity index (χ4v) is 8.07. The molecule has 9 heteroatoms. The summed E-state index contributed by atoms with van der Waals surface area (Å²) in [6, 6.07) is 14.1. The van der Waals surface area contributed by atoms with E-state index in [2.05, 4.69) is 16.4 Å². The van der Waals surface area contributed by atoms with Gasteiger partial charge in [0.1, 0.15) is 17.8 Å². The van der Waals surface area contributed by atoms with Crippen molar-refractivity contribution in [1.29, 1.82) is 0 Å². The molecule has 1 aromatic heterocycles. The number of rotatable bonds is 4. The van der Waals surface area contributed by atoms with Gasteiger partial charge in [-0.1, -0.05) is 35.5 Å². The quantitative estimate of drug-likeness (QED) is 0.323. The van der Waals surface area contributed by atoms with Gasteiger partial charge in [0.05, 0.1) is 22.3 Å². The van der Waals surface area contributed by atoms with Crippen molar-refractivity contribution in [2.75, 3.05) is 16.9 Å². The Balaban J connectivity index is 1.62. The van der Waals surface area contributed by atoms with Gasteiger partial charge in [0.2, 0.25) is 5.54 Å². The second-order valence-corrected chi connectivity index (χ2v) is 10.9. The minimum Gasteiger partial charge on any atom is -0.320 e. The Morgan fingerprint density at radius 2 is 2.00 bits per heavy atom. The van der Waals surface area contributed by atoms with Crippen LogP contribution in [0.5, 0.6) is 0 Å². The number of nitro groups is 1. The maximum atomic E-state index is 14.4. The maximum absolute atomic E-state index is 14.4. The van der Waals surface area contributed by atoms with Gasteiger partial charge < -0.3 is 10.2 Å². The number of non-ortho nitro benzene ring substituents is 1. The van der Waals surface area contributed by atoms with Crippen LogP contribution in [0.4, 0.5) is 11.4 Å². The number of nitrogens with one attached hydrogen (secondary N) is 2. The van der Waals surface area contributed by atoms with E-state index in [1.54, 1.807) is 48.4 Å². The SMILES string of the molecule is Cc1cc(C)c2c(c1)[C@@]1(C(=O)N2)[C@@H](C(=O)c2cccnc2)[C@@H](c2ccc([N+](=O)[O-])cc2)[C@@H]2CSC[NH+]21. The van der Waals surface area contributed by atoms with Gasteiger partial charge in [-0.15, -0.1) is 0 Å². The summed E-state index contributed by atoms with van der Waals surface area (Å²) in [5, 5.41) is 14.5. The van der Waals surface area contributed by atoms with Crippen LogP contribution < -0.4 is 10.2 Å². The predicted molar refractivity (Wildman–Crippen MR) is 136 cm³/mol. The minimum atomic E-state index is -1.10. The molecule has 3 aliphatic heterocycles. The average molecular weight is 502 g/mol. The lowest BCUT2D eigenvalue weighted by atomic mass is 9.69. The zero-order valence-corrected chi connectivity index (χ0v) is 20.7. The van der Waals surface area contributed by atoms with E-state index in [9.17, 15) is 19.7 Å². The topological polar surface area (TPSA) is 107 Å². The van der Waals surface area contributed by atoms with Crippen molar-refractivity contribution in [2.24, 2.45) is 5.92 Å². The van der Waals surface area contributed by atoms with Crippen LogP contribution in [0, 0.1) is 29.9 Å². The second-order valence-electron chi connectivity index (χ2n) is 9.87. The van der Waals surface area contributed by atoms with Crippen LogP contribution in [0.15, 0.2) is 60.9 Å². The molecule has 4 heterocycles. The summed E-state index contributed by atoms with van der Waals surface area (Å²) in [4.78, 5) is 44.6. The van der Waals surface area contributed by atoms with Crippen molar-refractivity contribution in [1.82, 2.24) is 4.98 Å². The van der Waals surface area contributed by atoms with Gasteiger partial charge in [-0.05, 0) is 43.2 Å². The normalized spacial score (nSPS) is 28.1. The van der Waals surface area contributed by atoms with E-state index in [0.717, 1.165) is 38.6 Å². The predicted octanol–water partition coefficient (Wildman–Crippen LogP) is 3.01. The highest BCUT2D eigenvalue weighted by molar-refractivity contribution is 7.99. The van der Waals surface area contributed by atoms with Crippen molar-refractivity contribution < 1.29 is 19.4 Å². The summed E-state index contributed by atoms with van der Waals surface area (Å²) in [6.07, 6.45) is 3.19. The number of Topliss-reactive ketones (excluding diaryl/α,β-unsaturated/α-hetero) is 1. The molecule has 3 aromatic rings. The second kappa shape index (κ2) is 8.25. The minimum absolute atomic E-state index is 0.000374. The van der Waals surface area contributed by atoms with E-state index in [4.69, 9.17) is 0 Å². The molecule has 1 amide bonds. The molecule has 6 rings (SSSR count). The van der Waals surface area contributed by atoms with Crippen LogP contribution in [0.25, 0.3) is 0 Å². The van der Waals surface area contributed by atoms with Gasteiger partial charge in [0.15, 0.2) is 5.78 Å². The van der Waals surface area contributed by atoms with Crippen molar-refractivity contribution in [3.8, 4) is 0 Å². The van der Waals surface area contributed by atoms with Gasteiger partial charge in [0, 0.05) is 35.7 Å². The van der Waals surface area contributed by atoms with Gasteiger partial charge in [-0.25, -0.2) is 0 Å². The Kier molecular flexibility index (Phi) is 5.24. The summed E-state index contributed by atoms with van der Waals surface area (Å²) >= 11 is 1.78. The Morgan fingerprint density at radius 1 is 1.22 bits per heavy atom. The Morgan fingerprint density at radius 3 is 2.69 bits per heavy atom. The lowest BCUT2D eigenvalue weighted by Crippen LogP contribution is -3.19. The number of hydrogen-bond donors (Lipinski definition) is 2. The van der Waals surface area contributed by atoms with E-state index < -0.39 is 16.4 Å². The van der Waals surface area contributed by atoms with E-state index >= 15 is 0 Å². The largest absolute Gasteiger partial charge is 0.320 e. The molecule has 8 nitrogen and oxygen atoms in total. The standard InChI is InChI=1S/C27H24N4O4S/c1-15-10-16(2)24-20(11-15)27(26(33)29-24)23(25(32)18-4-3-9-28-12-18)22(21-13-36-14-30(21)27)17-5-7-19(8-6-17)31(34)35/h3-12,21-23H,13-14H2,1-2H3,(H,29,33)/p+1/t21-,22-,23+,27-/m0/s1. The number of thioether (sulfide) groups is 1. The summed E-state index contributed by atoms with van der Waals surface area (Å²) in [6.45, 7) is 3.99. The molecule has 0 bridgehead atoms. The molecule has 5 atom stereocenters. The number of nitrogens with zero attached hydrogens (tertiary/aromatic N) is 2. The van der Waals surface area contributed by atoms with E-state index in [1.807, 2.05) is 19.9 Å². The van der Waals surface area contributed by atoms with E-state index in [0.29, 0.717) is 11.4 Å². The Bertz CT molecular complexity index is 1410. The molecule has 1 spiro atoms. The molecule has 3 aliphatic rings. The van der Waals surface area contributed by atoms with Crippen molar-refractivity contribution in [2.45, 2.75) is 31.3 Å². The first-order chi connectivity index (χ1) is 17.3. The summed E-state index contributed by atoms with van der Waals surface area (Å²) in [5.41, 5.74) is 3.89. The molecule has 2 N–H and O–H groups in total. The number of amides is 1. The number of nitro benzene ring substituents is 1. The molecule has 2 fully saturated rings. The number of aromatic nitrogens is 1. The first kappa shape index (κ1) is 22.9. The molecule has 2 saturated heterocycles. The van der Waals surface area contributed by atoms with Crippen LogP contribution >= 0.6 is 11.8 Å². The summed E-state index contributed by atoms with van der Waals surface area (Å²) in [7, 11) is 0. The van der Waals surface area contributed by atoms with Gasteiger partial charge in [-0.2, -0.15) is 0 Å². The Labute approximate surface area is 212 Å². The van der Waals surface area contributed by atoms with Gasteiger partial charge in [0.25, 0.3) is 11.6 Å². The number of pyridine rings is 1. The first-order valence-electron chi connectivity index (χ1n) is 11.9. The van der Waals surface area contributed by atoms with Crippen LogP contribution in [-0.4, -0.2) is 39.3 Å². The smallest absolute Gasteiger partial charge is 0.291 e. The van der Waals surface area contributed by atoms with Crippen LogP contribution in [0.2, 0.25) is 0 Å². The molecular formula is C27H25N4O4S+. The molecule has 2 aromatic carbocycles. The monoisotopic (exact) mass is 501 g/mol. The fourth-order valence-electron chi connectivity index (χ4n) is 6.63. The Hall–Kier alpha value is -3.56. The highest BCUT2D eigenvalue weighted by atomic mass is 32.2. The number of ketones is 1. The number of carbonyl (C=O) groups excluding carboxylic acids is 2. The number of benzene rings is 2. The van der Waals surface area contributed by atoms with Crippen LogP contribution in [-0.2, 0) is 10.3 Å². The zero-order chi connectivity index (χ0) is 25.2. The lowest BCUT2D eigenvalue weighted by Gasteiger charge is -2.33. The molecule has 0 saturated carbocycles. The number of quaternary nitrogens is 1. The molecule has 182 valence electrons. The maximum Gasteiger partial charge on any atom is 0.291 e. The third-order valence-corrected chi connectivity index (χ3v) is 9.10. The highest BCUT2D eigenvalue weighted by Gasteiger charge is 2.73. The van der Waals surface area contributed by atoms with E-state index in [-0.39, 0.29) is 29.3 Å². The van der Waals surface area contributed by atoms with E-state index in [1.165, 1.54) is 12.1 Å². The lowest BCUT2D eigenvalue weighted by molar-refractivity contribution is -0.941. The molecule has 0 aliphatic carbocycles. The highest BCUT2D eigenvalue weighted by Crippen LogP contribution is 2.53. The molecule has 36 heavy (non-hydrogen) atoms. The molecule has 0 radical (unpaired) electrons. The summed E-state index contributed by atoms with van der Waals surface area (Å²) in [5.74, 6) is 0.238. The van der Waals surface area contributed by atoms with Crippen LogP contribution in [0.1, 0.15) is 38.5 Å². The number of fused-ring (bicyclic) bond motifs is 4. The van der Waals surface area contributed by atoms with Crippen molar-refractivity contribution in [3.63, 3.8) is 0 Å². The van der Waals surface area contributed by atoms with Gasteiger partial charge in [-0.3, -0.25) is 24.7 Å². The number of aryl methyl sites for hydroxylation is 2. The number of anilines is 1.